The highest BCUT2D eigenvalue weighted by molar-refractivity contribution is 4.93. The molecule has 2 saturated heterocycles. The van der Waals surface area contributed by atoms with Crippen LogP contribution in [0.25, 0.3) is 0 Å². The molecule has 0 radical (unpaired) electrons. The maximum atomic E-state index is 10.1. The zero-order valence-corrected chi connectivity index (χ0v) is 7.92. The normalized spacial score (nSPS) is 43.0. The summed E-state index contributed by atoms with van der Waals surface area (Å²) in [5.74, 6) is 0. The van der Waals surface area contributed by atoms with E-state index >= 15 is 0 Å². The summed E-state index contributed by atoms with van der Waals surface area (Å²) in [6.07, 6.45) is 5.58. The van der Waals surface area contributed by atoms with Crippen LogP contribution in [-0.2, 0) is 0 Å². The number of hydrogen-bond acceptors (Lipinski definition) is 2. The van der Waals surface area contributed by atoms with Gasteiger partial charge in [0.05, 0.1) is 5.60 Å². The third kappa shape index (κ3) is 1.38. The van der Waals surface area contributed by atoms with E-state index in [-0.39, 0.29) is 5.60 Å². The van der Waals surface area contributed by atoms with Gasteiger partial charge in [-0.15, -0.1) is 0 Å². The van der Waals surface area contributed by atoms with E-state index in [2.05, 4.69) is 11.8 Å². The van der Waals surface area contributed by atoms with E-state index in [1.54, 1.807) is 0 Å². The number of piperidine rings is 1. The molecule has 2 unspecified atom stereocenters. The van der Waals surface area contributed by atoms with E-state index in [4.69, 9.17) is 0 Å². The molecule has 2 fully saturated rings. The van der Waals surface area contributed by atoms with Gasteiger partial charge in [0.15, 0.2) is 0 Å². The standard InChI is InChI=1S/C10H19NO/c1-2-10(12)5-7-11-6-3-4-9(11)8-10/h9,12H,2-8H2,1H3. The number of rotatable bonds is 1. The molecule has 2 aliphatic rings. The van der Waals surface area contributed by atoms with Crippen molar-refractivity contribution in [2.24, 2.45) is 0 Å². The van der Waals surface area contributed by atoms with Crippen LogP contribution in [0.4, 0.5) is 0 Å². The van der Waals surface area contributed by atoms with E-state index in [1.165, 1.54) is 19.4 Å². The van der Waals surface area contributed by atoms with Crippen LogP contribution in [-0.4, -0.2) is 34.7 Å². The van der Waals surface area contributed by atoms with Crippen LogP contribution in [0.3, 0.4) is 0 Å². The van der Waals surface area contributed by atoms with Crippen LogP contribution in [0.15, 0.2) is 0 Å². The largest absolute Gasteiger partial charge is 0.390 e. The second kappa shape index (κ2) is 3.00. The number of aliphatic hydroxyl groups is 1. The molecule has 0 aromatic heterocycles. The quantitative estimate of drug-likeness (QED) is 0.641. The molecule has 2 aliphatic heterocycles. The molecule has 0 spiro atoms. The Kier molecular flexibility index (Phi) is 2.13. The molecule has 0 aromatic carbocycles. The summed E-state index contributed by atoms with van der Waals surface area (Å²) in [5.41, 5.74) is -0.328. The van der Waals surface area contributed by atoms with Crippen LogP contribution < -0.4 is 0 Å². The minimum atomic E-state index is -0.328. The highest BCUT2D eigenvalue weighted by Crippen LogP contribution is 2.34. The van der Waals surface area contributed by atoms with E-state index in [1.807, 2.05) is 0 Å². The van der Waals surface area contributed by atoms with Crippen molar-refractivity contribution in [3.05, 3.63) is 0 Å². The van der Waals surface area contributed by atoms with Gasteiger partial charge in [-0.25, -0.2) is 0 Å². The summed E-state index contributed by atoms with van der Waals surface area (Å²) in [6, 6.07) is 0.698. The number of fused-ring (bicyclic) bond motifs is 1. The van der Waals surface area contributed by atoms with Gasteiger partial charge in [0.1, 0.15) is 0 Å². The second-order valence-electron chi connectivity index (χ2n) is 4.36. The Hall–Kier alpha value is -0.0800. The lowest BCUT2D eigenvalue weighted by atomic mass is 9.85. The Morgan fingerprint density at radius 3 is 3.08 bits per heavy atom. The summed E-state index contributed by atoms with van der Waals surface area (Å²) in [5, 5.41) is 10.1. The smallest absolute Gasteiger partial charge is 0.0672 e. The SMILES string of the molecule is CCC1(O)CCN2CCCC2C1. The molecular weight excluding hydrogens is 150 g/mol. The van der Waals surface area contributed by atoms with Gasteiger partial charge in [0.2, 0.25) is 0 Å². The highest BCUT2D eigenvalue weighted by atomic mass is 16.3. The molecule has 0 aliphatic carbocycles. The monoisotopic (exact) mass is 169 g/mol. The molecule has 0 bridgehead atoms. The van der Waals surface area contributed by atoms with Gasteiger partial charge in [-0.05, 0) is 38.6 Å². The van der Waals surface area contributed by atoms with E-state index < -0.39 is 0 Å². The molecule has 0 amide bonds. The van der Waals surface area contributed by atoms with Gasteiger partial charge < -0.3 is 10.0 Å². The maximum absolute atomic E-state index is 10.1. The molecule has 2 heterocycles. The minimum Gasteiger partial charge on any atom is -0.390 e. The fraction of sp³-hybridized carbons (Fsp3) is 1.00. The molecule has 1 N–H and O–H groups in total. The molecule has 12 heavy (non-hydrogen) atoms. The predicted molar refractivity (Wildman–Crippen MR) is 49.1 cm³/mol. The molecule has 2 atom stereocenters. The third-order valence-electron chi connectivity index (χ3n) is 3.64. The molecule has 2 heteroatoms. The molecule has 0 aromatic rings. The molecular formula is C10H19NO. The maximum Gasteiger partial charge on any atom is 0.0672 e. The van der Waals surface area contributed by atoms with Crippen LogP contribution in [0, 0.1) is 0 Å². The van der Waals surface area contributed by atoms with Crippen LogP contribution >= 0.6 is 0 Å². The van der Waals surface area contributed by atoms with Crippen LogP contribution in [0.1, 0.15) is 39.0 Å². The van der Waals surface area contributed by atoms with E-state index in [0.29, 0.717) is 6.04 Å². The first-order valence-corrected chi connectivity index (χ1v) is 5.20. The Bertz CT molecular complexity index is 171. The van der Waals surface area contributed by atoms with Gasteiger partial charge in [-0.3, -0.25) is 0 Å². The number of nitrogens with zero attached hydrogens (tertiary/aromatic N) is 1. The zero-order chi connectivity index (χ0) is 8.60. The lowest BCUT2D eigenvalue weighted by Crippen LogP contribution is -2.47. The van der Waals surface area contributed by atoms with Crippen LogP contribution in [0.2, 0.25) is 0 Å². The van der Waals surface area contributed by atoms with Crippen molar-refractivity contribution in [2.45, 2.75) is 50.7 Å². The Labute approximate surface area is 74.6 Å². The fourth-order valence-corrected chi connectivity index (χ4v) is 2.63. The fourth-order valence-electron chi connectivity index (χ4n) is 2.63. The van der Waals surface area contributed by atoms with Crippen molar-refractivity contribution in [3.63, 3.8) is 0 Å². The first kappa shape index (κ1) is 8.52. The van der Waals surface area contributed by atoms with Crippen LogP contribution in [0.5, 0.6) is 0 Å². The van der Waals surface area contributed by atoms with Crippen molar-refractivity contribution in [3.8, 4) is 0 Å². The van der Waals surface area contributed by atoms with Gasteiger partial charge in [-0.1, -0.05) is 6.92 Å². The van der Waals surface area contributed by atoms with Crippen molar-refractivity contribution >= 4 is 0 Å². The second-order valence-corrected chi connectivity index (χ2v) is 4.36. The van der Waals surface area contributed by atoms with Crippen molar-refractivity contribution in [1.29, 1.82) is 0 Å². The van der Waals surface area contributed by atoms with E-state index in [9.17, 15) is 5.11 Å². The first-order chi connectivity index (χ1) is 5.73. The Morgan fingerprint density at radius 2 is 2.33 bits per heavy atom. The molecule has 0 saturated carbocycles. The Balaban J connectivity index is 2.00. The molecule has 2 rings (SSSR count). The topological polar surface area (TPSA) is 23.5 Å². The molecule has 70 valence electrons. The average Bonchev–Trinajstić information content (AvgIpc) is 2.51. The van der Waals surface area contributed by atoms with E-state index in [0.717, 1.165) is 25.8 Å². The average molecular weight is 169 g/mol. The van der Waals surface area contributed by atoms with Gasteiger partial charge in [-0.2, -0.15) is 0 Å². The summed E-state index contributed by atoms with van der Waals surface area (Å²) >= 11 is 0. The number of hydrogen-bond donors (Lipinski definition) is 1. The predicted octanol–water partition coefficient (Wildman–Crippen LogP) is 1.39. The Morgan fingerprint density at radius 1 is 1.50 bits per heavy atom. The molecule has 2 nitrogen and oxygen atoms in total. The summed E-state index contributed by atoms with van der Waals surface area (Å²) < 4.78 is 0. The lowest BCUT2D eigenvalue weighted by molar-refractivity contribution is -0.0384. The zero-order valence-electron chi connectivity index (χ0n) is 7.92. The van der Waals surface area contributed by atoms with Crippen molar-refractivity contribution in [1.82, 2.24) is 4.90 Å². The summed E-state index contributed by atoms with van der Waals surface area (Å²) in [4.78, 5) is 2.55. The highest BCUT2D eigenvalue weighted by Gasteiger charge is 2.38. The van der Waals surface area contributed by atoms with Gasteiger partial charge in [0.25, 0.3) is 0 Å². The van der Waals surface area contributed by atoms with Crippen molar-refractivity contribution < 1.29 is 5.11 Å². The lowest BCUT2D eigenvalue weighted by Gasteiger charge is -2.40. The first-order valence-electron chi connectivity index (χ1n) is 5.20. The van der Waals surface area contributed by atoms with Gasteiger partial charge >= 0.3 is 0 Å². The van der Waals surface area contributed by atoms with Crippen molar-refractivity contribution in [2.75, 3.05) is 13.1 Å². The summed E-state index contributed by atoms with van der Waals surface area (Å²) in [7, 11) is 0. The van der Waals surface area contributed by atoms with Gasteiger partial charge in [0, 0.05) is 12.6 Å². The third-order valence-corrected chi connectivity index (χ3v) is 3.64. The minimum absolute atomic E-state index is 0.328. The summed E-state index contributed by atoms with van der Waals surface area (Å²) in [6.45, 7) is 4.49.